The van der Waals surface area contributed by atoms with Gasteiger partial charge in [-0.2, -0.15) is 0 Å². The summed E-state index contributed by atoms with van der Waals surface area (Å²) in [6.45, 7) is 4.08. The highest BCUT2D eigenvalue weighted by molar-refractivity contribution is 6.04. The van der Waals surface area contributed by atoms with Crippen LogP contribution >= 0.6 is 0 Å². The second kappa shape index (κ2) is 5.82. The lowest BCUT2D eigenvalue weighted by Crippen LogP contribution is -2.44. The maximum atomic E-state index is 4.93. The second-order valence-corrected chi connectivity index (χ2v) is 6.52. The van der Waals surface area contributed by atoms with Gasteiger partial charge < -0.3 is 14.4 Å². The van der Waals surface area contributed by atoms with Crippen LogP contribution in [0.5, 0.6) is 0 Å². The van der Waals surface area contributed by atoms with Gasteiger partial charge in [-0.05, 0) is 18.1 Å². The molecule has 0 saturated heterocycles. The van der Waals surface area contributed by atoms with Crippen molar-refractivity contribution in [2.75, 3.05) is 25.2 Å². The van der Waals surface area contributed by atoms with Crippen LogP contribution in [0, 0.1) is 0 Å². The van der Waals surface area contributed by atoms with E-state index in [-0.39, 0.29) is 0 Å². The van der Waals surface area contributed by atoms with E-state index in [1.807, 2.05) is 18.2 Å². The predicted octanol–water partition coefficient (Wildman–Crippen LogP) is 2.84. The van der Waals surface area contributed by atoms with Crippen molar-refractivity contribution < 1.29 is 0 Å². The zero-order chi connectivity index (χ0) is 16.7. The predicted molar refractivity (Wildman–Crippen MR) is 99.2 cm³/mol. The van der Waals surface area contributed by atoms with E-state index in [1.165, 1.54) is 5.56 Å². The van der Waals surface area contributed by atoms with E-state index in [0.29, 0.717) is 6.04 Å². The summed E-state index contributed by atoms with van der Waals surface area (Å²) in [5.41, 5.74) is 2.31. The van der Waals surface area contributed by atoms with Crippen LogP contribution < -0.4 is 4.90 Å². The monoisotopic (exact) mass is 321 g/mol. The molecule has 0 amide bonds. The average Bonchev–Trinajstić information content (AvgIpc) is 3.15. The molecule has 2 aliphatic heterocycles. The first kappa shape index (κ1) is 15.0. The first-order valence-electron chi connectivity index (χ1n) is 8.51. The van der Waals surface area contributed by atoms with Gasteiger partial charge >= 0.3 is 0 Å². The molecule has 5 heteroatoms. The SMILES string of the molecule is CC[C@@H]1CN2CN(C)c3nc(/C=C/c4ccccc4)n(C)c3C2=N1. The van der Waals surface area contributed by atoms with Crippen molar-refractivity contribution in [3.05, 3.63) is 47.4 Å². The van der Waals surface area contributed by atoms with E-state index >= 15 is 0 Å². The van der Waals surface area contributed by atoms with Gasteiger partial charge in [-0.3, -0.25) is 4.99 Å². The van der Waals surface area contributed by atoms with E-state index in [1.54, 1.807) is 0 Å². The van der Waals surface area contributed by atoms with Crippen molar-refractivity contribution in [2.24, 2.45) is 12.0 Å². The Kier molecular flexibility index (Phi) is 3.63. The molecule has 0 radical (unpaired) electrons. The molecule has 0 aliphatic carbocycles. The summed E-state index contributed by atoms with van der Waals surface area (Å²) in [6, 6.07) is 10.7. The third-order valence-corrected chi connectivity index (χ3v) is 4.80. The van der Waals surface area contributed by atoms with Gasteiger partial charge in [-0.25, -0.2) is 4.98 Å². The van der Waals surface area contributed by atoms with Crippen LogP contribution in [0.1, 0.15) is 30.4 Å². The molecule has 0 saturated carbocycles. The summed E-state index contributed by atoms with van der Waals surface area (Å²) in [7, 11) is 4.18. The molecule has 0 N–H and O–H groups in total. The smallest absolute Gasteiger partial charge is 0.160 e. The molecule has 1 aromatic carbocycles. The number of anilines is 1. The van der Waals surface area contributed by atoms with Crippen molar-refractivity contribution in [3.8, 4) is 0 Å². The molecule has 4 rings (SSSR count). The van der Waals surface area contributed by atoms with Crippen LogP contribution in [0.3, 0.4) is 0 Å². The molecule has 0 bridgehead atoms. The molecule has 1 aromatic heterocycles. The Morgan fingerprint density at radius 3 is 2.71 bits per heavy atom. The number of rotatable bonds is 3. The number of fused-ring (bicyclic) bond motifs is 3. The fraction of sp³-hybridized carbons (Fsp3) is 0.368. The van der Waals surface area contributed by atoms with E-state index < -0.39 is 0 Å². The van der Waals surface area contributed by atoms with Crippen LogP contribution in [0.25, 0.3) is 12.2 Å². The van der Waals surface area contributed by atoms with Gasteiger partial charge in [0.25, 0.3) is 0 Å². The van der Waals surface area contributed by atoms with Crippen LogP contribution in [0.15, 0.2) is 35.3 Å². The van der Waals surface area contributed by atoms with Crippen LogP contribution in [0.4, 0.5) is 5.82 Å². The molecular weight excluding hydrogens is 298 g/mol. The van der Waals surface area contributed by atoms with Gasteiger partial charge in [0.2, 0.25) is 0 Å². The van der Waals surface area contributed by atoms with Gasteiger partial charge in [0, 0.05) is 20.6 Å². The van der Waals surface area contributed by atoms with E-state index in [4.69, 9.17) is 9.98 Å². The fourth-order valence-electron chi connectivity index (χ4n) is 3.42. The zero-order valence-electron chi connectivity index (χ0n) is 14.5. The average molecular weight is 321 g/mol. The lowest BCUT2D eigenvalue weighted by atomic mass is 10.2. The maximum absolute atomic E-state index is 4.93. The van der Waals surface area contributed by atoms with Crippen molar-refractivity contribution in [1.82, 2.24) is 14.5 Å². The number of aliphatic imine (C=N–C) groups is 1. The van der Waals surface area contributed by atoms with Crippen LogP contribution in [-0.4, -0.2) is 46.6 Å². The second-order valence-electron chi connectivity index (χ2n) is 6.52. The summed E-state index contributed by atoms with van der Waals surface area (Å²) in [5.74, 6) is 3.08. The Balaban J connectivity index is 1.73. The summed E-state index contributed by atoms with van der Waals surface area (Å²) >= 11 is 0. The third-order valence-electron chi connectivity index (χ3n) is 4.80. The molecule has 1 atom stereocenters. The minimum Gasteiger partial charge on any atom is -0.340 e. The highest BCUT2D eigenvalue weighted by atomic mass is 15.4. The Labute approximate surface area is 142 Å². The summed E-state index contributed by atoms with van der Waals surface area (Å²) in [6.07, 6.45) is 5.27. The zero-order valence-corrected chi connectivity index (χ0v) is 14.5. The number of aromatic nitrogens is 2. The summed E-state index contributed by atoms with van der Waals surface area (Å²) < 4.78 is 2.16. The van der Waals surface area contributed by atoms with Crippen molar-refractivity contribution in [3.63, 3.8) is 0 Å². The molecule has 24 heavy (non-hydrogen) atoms. The van der Waals surface area contributed by atoms with Crippen molar-refractivity contribution in [1.29, 1.82) is 0 Å². The number of hydrogen-bond donors (Lipinski definition) is 0. The number of amidine groups is 1. The number of benzene rings is 1. The first-order valence-corrected chi connectivity index (χ1v) is 8.51. The van der Waals surface area contributed by atoms with Crippen molar-refractivity contribution in [2.45, 2.75) is 19.4 Å². The quantitative estimate of drug-likeness (QED) is 0.872. The van der Waals surface area contributed by atoms with Gasteiger partial charge in [-0.1, -0.05) is 43.3 Å². The van der Waals surface area contributed by atoms with Gasteiger partial charge in [-0.15, -0.1) is 0 Å². The van der Waals surface area contributed by atoms with Gasteiger partial charge in [0.05, 0.1) is 12.7 Å². The molecule has 2 aromatic rings. The lowest BCUT2D eigenvalue weighted by molar-refractivity contribution is 0.412. The minimum atomic E-state index is 0.401. The lowest BCUT2D eigenvalue weighted by Gasteiger charge is -2.33. The largest absolute Gasteiger partial charge is 0.340 e. The molecule has 3 heterocycles. The fourth-order valence-corrected chi connectivity index (χ4v) is 3.42. The van der Waals surface area contributed by atoms with Gasteiger partial charge in [0.1, 0.15) is 11.5 Å². The summed E-state index contributed by atoms with van der Waals surface area (Å²) in [5, 5.41) is 0. The highest BCUT2D eigenvalue weighted by Crippen LogP contribution is 2.30. The molecular formula is C19H23N5. The first-order chi connectivity index (χ1) is 11.7. The maximum Gasteiger partial charge on any atom is 0.160 e. The number of hydrogen-bond acceptors (Lipinski definition) is 4. The Morgan fingerprint density at radius 1 is 1.17 bits per heavy atom. The molecule has 0 spiro atoms. The van der Waals surface area contributed by atoms with Crippen molar-refractivity contribution >= 4 is 23.8 Å². The van der Waals surface area contributed by atoms with E-state index in [0.717, 1.165) is 42.8 Å². The number of nitrogens with zero attached hydrogens (tertiary/aromatic N) is 5. The van der Waals surface area contributed by atoms with Crippen LogP contribution in [0.2, 0.25) is 0 Å². The number of imidazole rings is 1. The molecule has 0 unspecified atom stereocenters. The molecule has 5 nitrogen and oxygen atoms in total. The van der Waals surface area contributed by atoms with Gasteiger partial charge in [0.15, 0.2) is 11.7 Å². The standard InChI is InChI=1S/C19H23N5/c1-4-15-12-24-13-22(2)18-17(19(24)20-15)23(3)16(21-18)11-10-14-8-6-5-7-9-14/h5-11,15H,4,12-13H2,1-3H3/b11-10+/t15-/m1/s1. The minimum absolute atomic E-state index is 0.401. The van der Waals surface area contributed by atoms with E-state index in [2.05, 4.69) is 59.7 Å². The van der Waals surface area contributed by atoms with Crippen LogP contribution in [-0.2, 0) is 7.05 Å². The Morgan fingerprint density at radius 2 is 1.96 bits per heavy atom. The summed E-state index contributed by atoms with van der Waals surface area (Å²) in [4.78, 5) is 14.4. The molecule has 2 aliphatic rings. The topological polar surface area (TPSA) is 36.7 Å². The third kappa shape index (κ3) is 2.40. The molecule has 124 valence electrons. The Bertz CT molecular complexity index is 803. The molecule has 0 fully saturated rings. The Hall–Kier alpha value is -2.56. The van der Waals surface area contributed by atoms with E-state index in [9.17, 15) is 0 Å². The normalized spacial score (nSPS) is 19.6. The highest BCUT2D eigenvalue weighted by Gasteiger charge is 2.35.